The van der Waals surface area contributed by atoms with E-state index in [0.717, 1.165) is 5.56 Å². The average Bonchev–Trinajstić information content (AvgIpc) is 2.44. The molecule has 1 fully saturated rings. The molecule has 1 aromatic rings. The van der Waals surface area contributed by atoms with Gasteiger partial charge in [0.25, 0.3) is 0 Å². The van der Waals surface area contributed by atoms with E-state index in [1.54, 1.807) is 6.07 Å². The summed E-state index contributed by atoms with van der Waals surface area (Å²) in [5.41, 5.74) is 0.826. The van der Waals surface area contributed by atoms with E-state index in [-0.39, 0.29) is 17.4 Å². The number of nitrogens with one attached hydrogen (secondary N) is 1. The Morgan fingerprint density at radius 3 is 2.50 bits per heavy atom. The highest BCUT2D eigenvalue weighted by Crippen LogP contribution is 2.38. The first-order valence-electron chi connectivity index (χ1n) is 5.16. The zero-order chi connectivity index (χ0) is 11.9. The van der Waals surface area contributed by atoms with Crippen LogP contribution in [0.5, 0.6) is 0 Å². The first kappa shape index (κ1) is 11.7. The first-order valence-corrected chi connectivity index (χ1v) is 5.92. The van der Waals surface area contributed by atoms with Crippen molar-refractivity contribution >= 4 is 29.1 Å². The third kappa shape index (κ3) is 2.04. The molecule has 2 rings (SSSR count). The third-order valence-corrected chi connectivity index (χ3v) is 3.81. The van der Waals surface area contributed by atoms with Gasteiger partial charge in [-0.05, 0) is 31.5 Å². The summed E-state index contributed by atoms with van der Waals surface area (Å²) in [6, 6.07) is 5.55. The van der Waals surface area contributed by atoms with E-state index >= 15 is 0 Å². The summed E-state index contributed by atoms with van der Waals surface area (Å²) in [4.78, 5) is 11.4. The minimum atomic E-state index is -0.228. The first-order chi connectivity index (χ1) is 7.40. The van der Waals surface area contributed by atoms with Gasteiger partial charge in [0.15, 0.2) is 0 Å². The van der Waals surface area contributed by atoms with Crippen LogP contribution in [0.15, 0.2) is 18.2 Å². The van der Waals surface area contributed by atoms with Crippen molar-refractivity contribution < 1.29 is 4.79 Å². The fourth-order valence-corrected chi connectivity index (χ4v) is 2.51. The molecule has 1 amide bonds. The van der Waals surface area contributed by atoms with Gasteiger partial charge in [0.1, 0.15) is 0 Å². The Morgan fingerprint density at radius 2 is 2.00 bits per heavy atom. The van der Waals surface area contributed by atoms with Crippen molar-refractivity contribution in [3.63, 3.8) is 0 Å². The largest absolute Gasteiger partial charge is 0.351 e. The van der Waals surface area contributed by atoms with Crippen LogP contribution in [0.3, 0.4) is 0 Å². The van der Waals surface area contributed by atoms with Crippen LogP contribution in [0, 0.1) is 0 Å². The molecule has 0 spiro atoms. The molecule has 86 valence electrons. The van der Waals surface area contributed by atoms with Gasteiger partial charge in [0.2, 0.25) is 5.91 Å². The van der Waals surface area contributed by atoms with Gasteiger partial charge in [-0.3, -0.25) is 4.79 Å². The lowest BCUT2D eigenvalue weighted by atomic mass is 9.83. The highest BCUT2D eigenvalue weighted by molar-refractivity contribution is 6.42. The lowest BCUT2D eigenvalue weighted by Gasteiger charge is -2.26. The van der Waals surface area contributed by atoms with Crippen molar-refractivity contribution in [2.75, 3.05) is 0 Å². The molecule has 1 aliphatic heterocycles. The molecular formula is C12H13Cl2NO. The highest BCUT2D eigenvalue weighted by atomic mass is 35.5. The van der Waals surface area contributed by atoms with Crippen LogP contribution in [0.25, 0.3) is 0 Å². The Balaban J connectivity index is 2.37. The van der Waals surface area contributed by atoms with E-state index in [0.29, 0.717) is 16.5 Å². The van der Waals surface area contributed by atoms with Crippen LogP contribution in [-0.2, 0) is 4.79 Å². The summed E-state index contributed by atoms with van der Waals surface area (Å²) in [5.74, 6) is 0.232. The SMILES string of the molecule is CC1(C)NC(=O)CC1c1ccc(Cl)c(Cl)c1. The molecule has 0 aromatic heterocycles. The van der Waals surface area contributed by atoms with Crippen LogP contribution < -0.4 is 5.32 Å². The van der Waals surface area contributed by atoms with E-state index in [1.165, 1.54) is 0 Å². The number of benzene rings is 1. The topological polar surface area (TPSA) is 29.1 Å². The van der Waals surface area contributed by atoms with Crippen LogP contribution in [0.1, 0.15) is 31.7 Å². The summed E-state index contributed by atoms with van der Waals surface area (Å²) in [6.07, 6.45) is 0.505. The van der Waals surface area contributed by atoms with E-state index in [1.807, 2.05) is 26.0 Å². The van der Waals surface area contributed by atoms with Gasteiger partial charge in [-0.1, -0.05) is 29.3 Å². The number of carbonyl (C=O) groups is 1. The van der Waals surface area contributed by atoms with Crippen molar-refractivity contribution in [2.45, 2.75) is 31.7 Å². The van der Waals surface area contributed by atoms with Gasteiger partial charge in [0, 0.05) is 17.9 Å². The quantitative estimate of drug-likeness (QED) is 0.822. The lowest BCUT2D eigenvalue weighted by molar-refractivity contribution is -0.119. The Hall–Kier alpha value is -0.730. The van der Waals surface area contributed by atoms with Gasteiger partial charge in [0.05, 0.1) is 10.0 Å². The minimum Gasteiger partial charge on any atom is -0.351 e. The number of hydrogen-bond donors (Lipinski definition) is 1. The third-order valence-electron chi connectivity index (χ3n) is 3.07. The molecule has 1 heterocycles. The number of halogens is 2. The summed E-state index contributed by atoms with van der Waals surface area (Å²) in [6.45, 7) is 4.04. The molecule has 1 aromatic carbocycles. The normalized spacial score (nSPS) is 23.2. The van der Waals surface area contributed by atoms with Gasteiger partial charge in [-0.15, -0.1) is 0 Å². The summed E-state index contributed by atoms with van der Waals surface area (Å²) >= 11 is 11.9. The van der Waals surface area contributed by atoms with Crippen molar-refractivity contribution in [3.05, 3.63) is 33.8 Å². The molecule has 1 saturated heterocycles. The van der Waals surface area contributed by atoms with Crippen LogP contribution in [-0.4, -0.2) is 11.4 Å². The van der Waals surface area contributed by atoms with Gasteiger partial charge in [-0.2, -0.15) is 0 Å². The predicted octanol–water partition coefficient (Wildman–Crippen LogP) is 3.38. The zero-order valence-corrected chi connectivity index (χ0v) is 10.7. The fourth-order valence-electron chi connectivity index (χ4n) is 2.20. The predicted molar refractivity (Wildman–Crippen MR) is 66.0 cm³/mol. The minimum absolute atomic E-state index is 0.0843. The maximum atomic E-state index is 11.4. The van der Waals surface area contributed by atoms with Crippen LogP contribution in [0.4, 0.5) is 0 Å². The summed E-state index contributed by atoms with van der Waals surface area (Å²) < 4.78 is 0. The Labute approximate surface area is 105 Å². The van der Waals surface area contributed by atoms with E-state index in [4.69, 9.17) is 23.2 Å². The molecule has 0 bridgehead atoms. The second kappa shape index (κ2) is 3.94. The van der Waals surface area contributed by atoms with Gasteiger partial charge >= 0.3 is 0 Å². The molecule has 4 heteroatoms. The monoisotopic (exact) mass is 257 g/mol. The average molecular weight is 258 g/mol. The van der Waals surface area contributed by atoms with Crippen LogP contribution in [0.2, 0.25) is 10.0 Å². The molecule has 16 heavy (non-hydrogen) atoms. The van der Waals surface area contributed by atoms with Crippen molar-refractivity contribution in [1.82, 2.24) is 5.32 Å². The number of hydrogen-bond acceptors (Lipinski definition) is 1. The molecule has 0 radical (unpaired) electrons. The molecule has 1 aliphatic rings. The smallest absolute Gasteiger partial charge is 0.221 e. The van der Waals surface area contributed by atoms with E-state index in [9.17, 15) is 4.79 Å². The zero-order valence-electron chi connectivity index (χ0n) is 9.18. The molecule has 0 aliphatic carbocycles. The van der Waals surface area contributed by atoms with Crippen molar-refractivity contribution in [3.8, 4) is 0 Å². The molecule has 0 saturated carbocycles. The molecule has 1 N–H and O–H groups in total. The molecule has 1 unspecified atom stereocenters. The highest BCUT2D eigenvalue weighted by Gasteiger charge is 2.39. The molecule has 2 nitrogen and oxygen atoms in total. The fraction of sp³-hybridized carbons (Fsp3) is 0.417. The Bertz CT molecular complexity index is 443. The van der Waals surface area contributed by atoms with Gasteiger partial charge in [-0.25, -0.2) is 0 Å². The van der Waals surface area contributed by atoms with Gasteiger partial charge < -0.3 is 5.32 Å². The van der Waals surface area contributed by atoms with E-state index < -0.39 is 0 Å². The second-order valence-corrected chi connectivity index (χ2v) is 5.51. The molecular weight excluding hydrogens is 245 g/mol. The van der Waals surface area contributed by atoms with E-state index in [2.05, 4.69) is 5.32 Å². The van der Waals surface area contributed by atoms with Crippen molar-refractivity contribution in [2.24, 2.45) is 0 Å². The van der Waals surface area contributed by atoms with Crippen molar-refractivity contribution in [1.29, 1.82) is 0 Å². The second-order valence-electron chi connectivity index (χ2n) is 4.70. The summed E-state index contributed by atoms with van der Waals surface area (Å²) in [5, 5.41) is 4.04. The maximum Gasteiger partial charge on any atom is 0.221 e. The summed E-state index contributed by atoms with van der Waals surface area (Å²) in [7, 11) is 0. The standard InChI is InChI=1S/C12H13Cl2NO/c1-12(2)8(6-11(16)15-12)7-3-4-9(13)10(14)5-7/h3-5,8H,6H2,1-2H3,(H,15,16). The lowest BCUT2D eigenvalue weighted by Crippen LogP contribution is -2.38. The molecule has 1 atom stereocenters. The number of carbonyl (C=O) groups excluding carboxylic acids is 1. The Kier molecular flexibility index (Phi) is 2.89. The maximum absolute atomic E-state index is 11.4. The van der Waals surface area contributed by atoms with Crippen LogP contribution >= 0.6 is 23.2 Å². The number of amides is 1. The Morgan fingerprint density at radius 1 is 1.31 bits per heavy atom. The number of rotatable bonds is 1.